The van der Waals surface area contributed by atoms with E-state index >= 15 is 0 Å². The highest BCUT2D eigenvalue weighted by Crippen LogP contribution is 2.14. The minimum Gasteiger partial charge on any atom is -0.450 e. The van der Waals surface area contributed by atoms with Crippen LogP contribution in [0.4, 0.5) is 9.18 Å². The summed E-state index contributed by atoms with van der Waals surface area (Å²) in [6, 6.07) is 5.51. The van der Waals surface area contributed by atoms with E-state index in [1.165, 1.54) is 18.2 Å². The fourth-order valence-electron chi connectivity index (χ4n) is 2.42. The average molecular weight is 294 g/mol. The number of benzene rings is 1. The highest BCUT2D eigenvalue weighted by molar-refractivity contribution is 5.94. The molecular formula is C15H19FN2O3. The lowest BCUT2D eigenvalue weighted by Crippen LogP contribution is -2.49. The molecule has 0 unspecified atom stereocenters. The highest BCUT2D eigenvalue weighted by atomic mass is 19.1. The van der Waals surface area contributed by atoms with E-state index in [1.807, 2.05) is 0 Å². The summed E-state index contributed by atoms with van der Waals surface area (Å²) in [6.45, 7) is 3.06. The molecule has 5 nitrogen and oxygen atoms in total. The Morgan fingerprint density at radius 1 is 1.48 bits per heavy atom. The Kier molecular flexibility index (Phi) is 5.14. The third-order valence-corrected chi connectivity index (χ3v) is 3.38. The van der Waals surface area contributed by atoms with Gasteiger partial charge in [-0.05, 0) is 38.0 Å². The molecule has 1 aromatic carbocycles. The van der Waals surface area contributed by atoms with Crippen LogP contribution in [0.25, 0.3) is 0 Å². The average Bonchev–Trinajstić information content (AvgIpc) is 2.47. The second kappa shape index (κ2) is 7.06. The Bertz CT molecular complexity index is 521. The van der Waals surface area contributed by atoms with Crippen LogP contribution >= 0.6 is 0 Å². The molecule has 1 saturated heterocycles. The van der Waals surface area contributed by atoms with E-state index in [4.69, 9.17) is 4.74 Å². The number of nitrogens with zero attached hydrogens (tertiary/aromatic N) is 1. The van der Waals surface area contributed by atoms with Crippen LogP contribution in [0.2, 0.25) is 0 Å². The molecule has 0 saturated carbocycles. The molecule has 1 heterocycles. The van der Waals surface area contributed by atoms with Gasteiger partial charge in [0, 0.05) is 24.7 Å². The molecule has 0 aliphatic carbocycles. The van der Waals surface area contributed by atoms with Gasteiger partial charge < -0.3 is 15.0 Å². The lowest BCUT2D eigenvalue weighted by Gasteiger charge is -2.33. The molecule has 1 aromatic rings. The van der Waals surface area contributed by atoms with E-state index in [-0.39, 0.29) is 11.9 Å². The van der Waals surface area contributed by atoms with E-state index in [9.17, 15) is 14.0 Å². The van der Waals surface area contributed by atoms with Crippen LogP contribution in [0.5, 0.6) is 0 Å². The number of halogens is 1. The van der Waals surface area contributed by atoms with Gasteiger partial charge in [0.05, 0.1) is 6.61 Å². The van der Waals surface area contributed by atoms with E-state index in [1.54, 1.807) is 17.9 Å². The van der Waals surface area contributed by atoms with Gasteiger partial charge >= 0.3 is 6.09 Å². The normalized spacial score (nSPS) is 18.2. The Hall–Kier alpha value is -2.11. The molecule has 1 aliphatic heterocycles. The summed E-state index contributed by atoms with van der Waals surface area (Å²) in [5, 5.41) is 2.74. The zero-order valence-electron chi connectivity index (χ0n) is 12.0. The van der Waals surface area contributed by atoms with Gasteiger partial charge in [-0.25, -0.2) is 9.18 Å². The Balaban J connectivity index is 1.97. The molecule has 21 heavy (non-hydrogen) atoms. The first-order valence-electron chi connectivity index (χ1n) is 7.08. The molecule has 2 amide bonds. The predicted molar refractivity (Wildman–Crippen MR) is 75.5 cm³/mol. The molecule has 0 bridgehead atoms. The summed E-state index contributed by atoms with van der Waals surface area (Å²) in [7, 11) is 0. The lowest BCUT2D eigenvalue weighted by atomic mass is 10.0. The minimum absolute atomic E-state index is 0.129. The summed E-state index contributed by atoms with van der Waals surface area (Å²) in [5.74, 6) is -0.649. The molecule has 0 spiro atoms. The molecule has 0 aromatic heterocycles. The molecule has 1 aliphatic rings. The van der Waals surface area contributed by atoms with Crippen LogP contribution < -0.4 is 5.32 Å². The summed E-state index contributed by atoms with van der Waals surface area (Å²) >= 11 is 0. The van der Waals surface area contributed by atoms with Crippen molar-refractivity contribution in [1.82, 2.24) is 10.2 Å². The third-order valence-electron chi connectivity index (χ3n) is 3.38. The van der Waals surface area contributed by atoms with E-state index < -0.39 is 11.9 Å². The Morgan fingerprint density at radius 2 is 2.29 bits per heavy atom. The zero-order valence-corrected chi connectivity index (χ0v) is 12.0. The van der Waals surface area contributed by atoms with Crippen LogP contribution in [0.1, 0.15) is 30.1 Å². The number of rotatable bonds is 3. The number of piperidine rings is 1. The van der Waals surface area contributed by atoms with E-state index in [0.717, 1.165) is 12.8 Å². The topological polar surface area (TPSA) is 58.6 Å². The van der Waals surface area contributed by atoms with Crippen LogP contribution in [0, 0.1) is 5.82 Å². The SMILES string of the molecule is CCOC(=O)N[C@H]1CCCN(C(=O)c2cccc(F)c2)C1. The fraction of sp³-hybridized carbons (Fsp3) is 0.467. The maximum Gasteiger partial charge on any atom is 0.407 e. The van der Waals surface area contributed by atoms with Gasteiger partial charge in [0.15, 0.2) is 0 Å². The number of nitrogens with one attached hydrogen (secondary N) is 1. The first kappa shape index (κ1) is 15.3. The van der Waals surface area contributed by atoms with Gasteiger partial charge in [0.2, 0.25) is 0 Å². The number of amides is 2. The number of carbonyl (C=O) groups is 2. The van der Waals surface area contributed by atoms with Crippen molar-refractivity contribution in [2.75, 3.05) is 19.7 Å². The minimum atomic E-state index is -0.470. The maximum absolute atomic E-state index is 13.2. The second-order valence-corrected chi connectivity index (χ2v) is 4.97. The van der Waals surface area contributed by atoms with Crippen LogP contribution in [-0.4, -0.2) is 42.6 Å². The van der Waals surface area contributed by atoms with Crippen LogP contribution in [0.3, 0.4) is 0 Å². The van der Waals surface area contributed by atoms with E-state index in [0.29, 0.717) is 25.3 Å². The van der Waals surface area contributed by atoms with E-state index in [2.05, 4.69) is 5.32 Å². The van der Waals surface area contributed by atoms with Crippen molar-refractivity contribution in [2.24, 2.45) is 0 Å². The molecule has 1 N–H and O–H groups in total. The van der Waals surface area contributed by atoms with Gasteiger partial charge in [-0.2, -0.15) is 0 Å². The second-order valence-electron chi connectivity index (χ2n) is 4.97. The Labute approximate surface area is 123 Å². The molecule has 1 atom stereocenters. The smallest absolute Gasteiger partial charge is 0.407 e. The maximum atomic E-state index is 13.2. The molecular weight excluding hydrogens is 275 g/mol. The summed E-state index contributed by atoms with van der Waals surface area (Å²) < 4.78 is 18.0. The Morgan fingerprint density at radius 3 is 3.00 bits per heavy atom. The number of hydrogen-bond donors (Lipinski definition) is 1. The zero-order chi connectivity index (χ0) is 15.2. The standard InChI is InChI=1S/C15H19FN2O3/c1-2-21-15(20)17-13-7-4-8-18(10-13)14(19)11-5-3-6-12(16)9-11/h3,5-6,9,13H,2,4,7-8,10H2,1H3,(H,17,20)/t13-/m0/s1. The molecule has 6 heteroatoms. The first-order chi connectivity index (χ1) is 10.1. The summed E-state index contributed by atoms with van der Waals surface area (Å²) in [4.78, 5) is 25.4. The van der Waals surface area contributed by atoms with Gasteiger partial charge in [-0.15, -0.1) is 0 Å². The van der Waals surface area contributed by atoms with Crippen molar-refractivity contribution >= 4 is 12.0 Å². The van der Waals surface area contributed by atoms with Gasteiger partial charge in [-0.3, -0.25) is 4.79 Å². The first-order valence-corrected chi connectivity index (χ1v) is 7.08. The molecule has 0 radical (unpaired) electrons. The number of alkyl carbamates (subject to hydrolysis) is 1. The van der Waals surface area contributed by atoms with Crippen molar-refractivity contribution in [3.05, 3.63) is 35.6 Å². The van der Waals surface area contributed by atoms with Crippen molar-refractivity contribution < 1.29 is 18.7 Å². The quantitative estimate of drug-likeness (QED) is 0.929. The fourth-order valence-corrected chi connectivity index (χ4v) is 2.42. The highest BCUT2D eigenvalue weighted by Gasteiger charge is 2.25. The number of hydrogen-bond acceptors (Lipinski definition) is 3. The number of carbonyl (C=O) groups excluding carboxylic acids is 2. The van der Waals surface area contributed by atoms with Crippen molar-refractivity contribution in [3.63, 3.8) is 0 Å². The molecule has 1 fully saturated rings. The molecule has 114 valence electrons. The monoisotopic (exact) mass is 294 g/mol. The summed E-state index contributed by atoms with van der Waals surface area (Å²) in [6.07, 6.45) is 1.12. The van der Waals surface area contributed by atoms with Gasteiger partial charge in [0.25, 0.3) is 5.91 Å². The third kappa shape index (κ3) is 4.18. The van der Waals surface area contributed by atoms with Crippen LogP contribution in [-0.2, 0) is 4.74 Å². The lowest BCUT2D eigenvalue weighted by molar-refractivity contribution is 0.0685. The van der Waals surface area contributed by atoms with Crippen LogP contribution in [0.15, 0.2) is 24.3 Å². The predicted octanol–water partition coefficient (Wildman–Crippen LogP) is 2.18. The van der Waals surface area contributed by atoms with Crippen molar-refractivity contribution in [2.45, 2.75) is 25.8 Å². The number of likely N-dealkylation sites (tertiary alicyclic amines) is 1. The van der Waals surface area contributed by atoms with Crippen molar-refractivity contribution in [1.29, 1.82) is 0 Å². The van der Waals surface area contributed by atoms with Gasteiger partial charge in [0.1, 0.15) is 5.82 Å². The number of ether oxygens (including phenoxy) is 1. The van der Waals surface area contributed by atoms with Crippen molar-refractivity contribution in [3.8, 4) is 0 Å². The van der Waals surface area contributed by atoms with Gasteiger partial charge in [-0.1, -0.05) is 6.07 Å². The molecule has 2 rings (SSSR count). The summed E-state index contributed by atoms with van der Waals surface area (Å²) in [5.41, 5.74) is 0.326. The largest absolute Gasteiger partial charge is 0.450 e.